The van der Waals surface area contributed by atoms with Crippen molar-refractivity contribution in [3.8, 4) is 0 Å². The maximum absolute atomic E-state index is 13.2. The number of esters is 4. The number of rotatable bonds is 91. The standard InChI is InChI=1S/C91H178O17P2/c1-6-9-12-15-18-21-24-27-29-31-32-33-34-35-36-42-47-52-57-62-67-72-77-91(96)108-87(81-102-89(94)75-70-65-60-55-50-45-41-38-37-39-44-48-53-58-63-68-73-84(4)5)83-106-110(99,100)104-79-85(92)78-103-109(97,98)105-82-86(80-101-88(93)74-69-64-59-54-49-43-26-23-20-17-14-11-8-3)107-90(95)76-71-66-61-56-51-46-40-30-28-25-22-19-16-13-10-7-2/h84-87,92H,6-83H2,1-5H3,(H,97,98)(H,99,100)/t85-,86+,87+/m0/s1. The van der Waals surface area contributed by atoms with E-state index in [0.717, 1.165) is 95.8 Å². The first-order chi connectivity index (χ1) is 53.5. The number of hydrogen-bond acceptors (Lipinski definition) is 15. The second-order valence-electron chi connectivity index (χ2n) is 33.2. The molecular weight excluding hydrogens is 1430 g/mol. The van der Waals surface area contributed by atoms with Crippen LogP contribution in [0, 0.1) is 5.92 Å². The summed E-state index contributed by atoms with van der Waals surface area (Å²) >= 11 is 0. The lowest BCUT2D eigenvalue weighted by Crippen LogP contribution is -2.30. The molecule has 0 aliphatic rings. The molecule has 0 rings (SSSR count). The maximum Gasteiger partial charge on any atom is 0.472 e. The van der Waals surface area contributed by atoms with Crippen molar-refractivity contribution in [2.24, 2.45) is 5.92 Å². The van der Waals surface area contributed by atoms with E-state index >= 15 is 0 Å². The van der Waals surface area contributed by atoms with Crippen molar-refractivity contribution in [2.75, 3.05) is 39.6 Å². The van der Waals surface area contributed by atoms with Crippen LogP contribution in [0.5, 0.6) is 0 Å². The molecule has 0 spiro atoms. The van der Waals surface area contributed by atoms with Gasteiger partial charge in [0.1, 0.15) is 19.3 Å². The number of phosphoric ester groups is 2. The molecule has 0 radical (unpaired) electrons. The van der Waals surface area contributed by atoms with Gasteiger partial charge in [0, 0.05) is 25.7 Å². The van der Waals surface area contributed by atoms with Crippen molar-refractivity contribution in [3.05, 3.63) is 0 Å². The summed E-state index contributed by atoms with van der Waals surface area (Å²) in [6, 6.07) is 0. The highest BCUT2D eigenvalue weighted by molar-refractivity contribution is 7.47. The second kappa shape index (κ2) is 83.5. The van der Waals surface area contributed by atoms with Crippen LogP contribution < -0.4 is 0 Å². The summed E-state index contributed by atoms with van der Waals surface area (Å²) < 4.78 is 69.1. The first kappa shape index (κ1) is 108. The summed E-state index contributed by atoms with van der Waals surface area (Å²) in [5.74, 6) is -1.28. The van der Waals surface area contributed by atoms with Crippen LogP contribution in [-0.4, -0.2) is 96.7 Å². The number of unbranched alkanes of at least 4 members (excludes halogenated alkanes) is 63. The largest absolute Gasteiger partial charge is 0.472 e. The molecule has 0 saturated heterocycles. The van der Waals surface area contributed by atoms with E-state index in [0.29, 0.717) is 25.7 Å². The van der Waals surface area contributed by atoms with Crippen LogP contribution >= 0.6 is 15.6 Å². The lowest BCUT2D eigenvalue weighted by atomic mass is 10.0. The molecule has 0 fully saturated rings. The number of ether oxygens (including phenoxy) is 4. The van der Waals surface area contributed by atoms with Crippen molar-refractivity contribution < 1.29 is 80.2 Å². The molecule has 0 aliphatic carbocycles. The Kier molecular flexibility index (Phi) is 82.1. The molecule has 110 heavy (non-hydrogen) atoms. The lowest BCUT2D eigenvalue weighted by molar-refractivity contribution is -0.161. The summed E-state index contributed by atoms with van der Waals surface area (Å²) in [5.41, 5.74) is 0. The Labute approximate surface area is 677 Å². The topological polar surface area (TPSA) is 237 Å². The summed E-state index contributed by atoms with van der Waals surface area (Å²) in [6.45, 7) is 7.43. The molecule has 17 nitrogen and oxygen atoms in total. The minimum Gasteiger partial charge on any atom is -0.462 e. The molecule has 0 amide bonds. The summed E-state index contributed by atoms with van der Waals surface area (Å²) in [5, 5.41) is 10.7. The van der Waals surface area contributed by atoms with E-state index in [-0.39, 0.29) is 25.7 Å². The van der Waals surface area contributed by atoms with Gasteiger partial charge in [-0.05, 0) is 31.6 Å². The molecule has 5 atom stereocenters. The zero-order valence-corrected chi connectivity index (χ0v) is 74.2. The average molecular weight is 1610 g/mol. The molecular formula is C91H178O17P2. The predicted molar refractivity (Wildman–Crippen MR) is 455 cm³/mol. The van der Waals surface area contributed by atoms with Crippen molar-refractivity contribution in [3.63, 3.8) is 0 Å². The van der Waals surface area contributed by atoms with E-state index in [1.807, 2.05) is 0 Å². The van der Waals surface area contributed by atoms with E-state index in [2.05, 4.69) is 34.6 Å². The van der Waals surface area contributed by atoms with Gasteiger partial charge in [0.2, 0.25) is 0 Å². The number of phosphoric acid groups is 2. The Balaban J connectivity index is 5.25. The molecule has 654 valence electrons. The number of carbonyl (C=O) groups excluding carboxylic acids is 4. The highest BCUT2D eigenvalue weighted by Crippen LogP contribution is 2.45. The Morgan fingerprint density at radius 3 is 0.618 bits per heavy atom. The van der Waals surface area contributed by atoms with Gasteiger partial charge >= 0.3 is 39.5 Å². The molecule has 0 heterocycles. The Hall–Kier alpha value is -1.94. The molecule has 0 aliphatic heterocycles. The molecule has 3 N–H and O–H groups in total. The highest BCUT2D eigenvalue weighted by Gasteiger charge is 2.31. The quantitative estimate of drug-likeness (QED) is 0.0222. The fraction of sp³-hybridized carbons (Fsp3) is 0.956. The van der Waals surface area contributed by atoms with Crippen molar-refractivity contribution in [1.82, 2.24) is 0 Å². The normalized spacial score (nSPS) is 13.7. The predicted octanol–water partition coefficient (Wildman–Crippen LogP) is 28.3. The van der Waals surface area contributed by atoms with Gasteiger partial charge in [0.25, 0.3) is 0 Å². The van der Waals surface area contributed by atoms with Crippen LogP contribution in [0.1, 0.15) is 497 Å². The first-order valence-corrected chi connectivity index (χ1v) is 50.1. The van der Waals surface area contributed by atoms with Crippen molar-refractivity contribution in [1.29, 1.82) is 0 Å². The molecule has 0 aromatic rings. The van der Waals surface area contributed by atoms with Gasteiger partial charge in [-0.1, -0.05) is 446 Å². The van der Waals surface area contributed by atoms with Gasteiger partial charge < -0.3 is 33.8 Å². The van der Waals surface area contributed by atoms with E-state index in [9.17, 15) is 43.2 Å². The molecule has 0 bridgehead atoms. The highest BCUT2D eigenvalue weighted by atomic mass is 31.2. The van der Waals surface area contributed by atoms with Crippen LogP contribution in [0.15, 0.2) is 0 Å². The number of aliphatic hydroxyl groups excluding tert-OH is 1. The third kappa shape index (κ3) is 84.0. The molecule has 0 aromatic heterocycles. The fourth-order valence-electron chi connectivity index (χ4n) is 14.4. The SMILES string of the molecule is CCCCCCCCCCCCCCCCCCCCCCCCC(=O)O[C@H](COC(=O)CCCCCCCCCCCCCCCCCCC(C)C)COP(=O)(O)OC[C@@H](O)COP(=O)(O)OC[C@@H](COC(=O)CCCCCCCCCCCCCCC)OC(=O)CCCCCCCCCCCCCCCCCC. The minimum atomic E-state index is -4.97. The lowest BCUT2D eigenvalue weighted by Gasteiger charge is -2.21. The number of aliphatic hydroxyl groups is 1. The van der Waals surface area contributed by atoms with Gasteiger partial charge in [0.15, 0.2) is 12.2 Å². The summed E-state index contributed by atoms with van der Waals surface area (Å²) in [4.78, 5) is 73.4. The van der Waals surface area contributed by atoms with E-state index in [4.69, 9.17) is 37.0 Å². The van der Waals surface area contributed by atoms with Gasteiger partial charge in [-0.15, -0.1) is 0 Å². The Morgan fingerprint density at radius 1 is 0.245 bits per heavy atom. The smallest absolute Gasteiger partial charge is 0.462 e. The van der Waals surface area contributed by atoms with Crippen LogP contribution in [0.4, 0.5) is 0 Å². The second-order valence-corrected chi connectivity index (χ2v) is 36.1. The maximum atomic E-state index is 13.2. The van der Waals surface area contributed by atoms with Gasteiger partial charge in [-0.25, -0.2) is 9.13 Å². The first-order valence-electron chi connectivity index (χ1n) is 47.1. The van der Waals surface area contributed by atoms with E-state index in [1.165, 1.54) is 321 Å². The van der Waals surface area contributed by atoms with Crippen LogP contribution in [0.2, 0.25) is 0 Å². The van der Waals surface area contributed by atoms with Crippen LogP contribution in [-0.2, 0) is 65.4 Å². The van der Waals surface area contributed by atoms with Gasteiger partial charge in [-0.3, -0.25) is 37.3 Å². The monoisotopic (exact) mass is 1610 g/mol. The molecule has 19 heteroatoms. The van der Waals surface area contributed by atoms with E-state index < -0.39 is 97.5 Å². The zero-order chi connectivity index (χ0) is 80.4. The number of hydrogen-bond donors (Lipinski definition) is 3. The van der Waals surface area contributed by atoms with Gasteiger partial charge in [0.05, 0.1) is 26.4 Å². The van der Waals surface area contributed by atoms with E-state index in [1.54, 1.807) is 0 Å². The third-order valence-corrected chi connectivity index (χ3v) is 23.4. The summed E-state index contributed by atoms with van der Waals surface area (Å²) in [7, 11) is -9.93. The summed E-state index contributed by atoms with van der Waals surface area (Å²) in [6.07, 6.45) is 79.2. The van der Waals surface area contributed by atoms with Crippen LogP contribution in [0.25, 0.3) is 0 Å². The fourth-order valence-corrected chi connectivity index (χ4v) is 15.9. The molecule has 0 saturated carbocycles. The Morgan fingerprint density at radius 2 is 0.418 bits per heavy atom. The minimum absolute atomic E-state index is 0.109. The average Bonchev–Trinajstić information content (AvgIpc) is 0.898. The molecule has 2 unspecified atom stereocenters. The van der Waals surface area contributed by atoms with Crippen LogP contribution in [0.3, 0.4) is 0 Å². The number of carbonyl (C=O) groups is 4. The Bertz CT molecular complexity index is 2080. The third-order valence-electron chi connectivity index (χ3n) is 21.5. The molecule has 0 aromatic carbocycles. The van der Waals surface area contributed by atoms with Gasteiger partial charge in [-0.2, -0.15) is 0 Å². The van der Waals surface area contributed by atoms with Crippen molar-refractivity contribution in [2.45, 2.75) is 515 Å². The zero-order valence-electron chi connectivity index (χ0n) is 72.4. The van der Waals surface area contributed by atoms with Crippen molar-refractivity contribution >= 4 is 39.5 Å².